The van der Waals surface area contributed by atoms with Crippen LogP contribution in [0.4, 0.5) is 0 Å². The molecular formula is C13H27NO. The smallest absolute Gasteiger partial charge is 0.0509 e. The molecule has 1 aliphatic heterocycles. The Kier molecular flexibility index (Phi) is 6.26. The second kappa shape index (κ2) is 7.24. The maximum Gasteiger partial charge on any atom is 0.0509 e. The summed E-state index contributed by atoms with van der Waals surface area (Å²) in [4.78, 5) is 0. The van der Waals surface area contributed by atoms with Gasteiger partial charge in [0.1, 0.15) is 0 Å². The van der Waals surface area contributed by atoms with Crippen LogP contribution in [0.5, 0.6) is 0 Å². The van der Waals surface area contributed by atoms with Crippen LogP contribution >= 0.6 is 0 Å². The standard InChI is InChI=1S/C13H27NO/c1-3-5-6-11(4-2)9-13(14)12-7-8-15-10-12/h11-13H,3-10,14H2,1-2H3. The van der Waals surface area contributed by atoms with Crippen LogP contribution in [-0.4, -0.2) is 19.3 Å². The van der Waals surface area contributed by atoms with E-state index in [9.17, 15) is 0 Å². The highest BCUT2D eigenvalue weighted by atomic mass is 16.5. The van der Waals surface area contributed by atoms with Gasteiger partial charge in [-0.15, -0.1) is 0 Å². The maximum atomic E-state index is 6.25. The number of rotatable bonds is 7. The van der Waals surface area contributed by atoms with Crippen LogP contribution in [-0.2, 0) is 4.74 Å². The van der Waals surface area contributed by atoms with Crippen LogP contribution in [0, 0.1) is 11.8 Å². The highest BCUT2D eigenvalue weighted by molar-refractivity contribution is 4.78. The molecule has 1 rings (SSSR count). The van der Waals surface area contributed by atoms with E-state index in [1.165, 1.54) is 38.5 Å². The van der Waals surface area contributed by atoms with Gasteiger partial charge in [-0.2, -0.15) is 0 Å². The molecule has 90 valence electrons. The first kappa shape index (κ1) is 13.0. The fourth-order valence-electron chi connectivity index (χ4n) is 2.45. The fourth-order valence-corrected chi connectivity index (χ4v) is 2.45. The van der Waals surface area contributed by atoms with E-state index in [2.05, 4.69) is 13.8 Å². The van der Waals surface area contributed by atoms with Crippen molar-refractivity contribution in [2.24, 2.45) is 17.6 Å². The van der Waals surface area contributed by atoms with Crippen LogP contribution in [0.25, 0.3) is 0 Å². The molecule has 2 heteroatoms. The van der Waals surface area contributed by atoms with E-state index in [4.69, 9.17) is 10.5 Å². The Balaban J connectivity index is 2.23. The Hall–Kier alpha value is -0.0800. The zero-order chi connectivity index (χ0) is 11.1. The molecule has 0 bridgehead atoms. The van der Waals surface area contributed by atoms with E-state index in [1.54, 1.807) is 0 Å². The predicted octanol–water partition coefficient (Wildman–Crippen LogP) is 2.96. The summed E-state index contributed by atoms with van der Waals surface area (Å²) in [7, 11) is 0. The van der Waals surface area contributed by atoms with Crippen LogP contribution in [0.2, 0.25) is 0 Å². The topological polar surface area (TPSA) is 35.2 Å². The molecule has 0 saturated carbocycles. The number of ether oxygens (including phenoxy) is 1. The molecule has 3 atom stereocenters. The van der Waals surface area contributed by atoms with Crippen LogP contribution in [0.15, 0.2) is 0 Å². The van der Waals surface area contributed by atoms with E-state index in [0.717, 1.165) is 19.1 Å². The molecule has 0 aromatic rings. The van der Waals surface area contributed by atoms with Crippen LogP contribution in [0.1, 0.15) is 52.4 Å². The predicted molar refractivity (Wildman–Crippen MR) is 64.8 cm³/mol. The third kappa shape index (κ3) is 4.52. The van der Waals surface area contributed by atoms with Crippen molar-refractivity contribution in [2.45, 2.75) is 58.4 Å². The molecule has 0 aliphatic carbocycles. The van der Waals surface area contributed by atoms with E-state index in [0.29, 0.717) is 12.0 Å². The summed E-state index contributed by atoms with van der Waals surface area (Å²) in [5.41, 5.74) is 6.25. The number of unbranched alkanes of at least 4 members (excludes halogenated alkanes) is 1. The molecule has 1 saturated heterocycles. The lowest BCUT2D eigenvalue weighted by molar-refractivity contribution is 0.176. The lowest BCUT2D eigenvalue weighted by atomic mass is 9.86. The second-order valence-corrected chi connectivity index (χ2v) is 4.94. The van der Waals surface area contributed by atoms with Crippen molar-refractivity contribution in [2.75, 3.05) is 13.2 Å². The van der Waals surface area contributed by atoms with Gasteiger partial charge in [0.25, 0.3) is 0 Å². The minimum Gasteiger partial charge on any atom is -0.381 e. The highest BCUT2D eigenvalue weighted by Crippen LogP contribution is 2.24. The molecule has 2 N–H and O–H groups in total. The molecule has 1 fully saturated rings. The summed E-state index contributed by atoms with van der Waals surface area (Å²) in [6.07, 6.45) is 7.66. The quantitative estimate of drug-likeness (QED) is 0.705. The Bertz CT molecular complexity index is 155. The molecule has 1 heterocycles. The lowest BCUT2D eigenvalue weighted by Gasteiger charge is -2.23. The van der Waals surface area contributed by atoms with Gasteiger partial charge in [0, 0.05) is 12.6 Å². The largest absolute Gasteiger partial charge is 0.381 e. The van der Waals surface area contributed by atoms with Crippen molar-refractivity contribution >= 4 is 0 Å². The van der Waals surface area contributed by atoms with Crippen molar-refractivity contribution in [1.29, 1.82) is 0 Å². The van der Waals surface area contributed by atoms with Gasteiger partial charge in [-0.1, -0.05) is 39.5 Å². The summed E-state index contributed by atoms with van der Waals surface area (Å²) in [5.74, 6) is 1.46. The Labute approximate surface area is 94.6 Å². The minimum absolute atomic E-state index is 0.370. The van der Waals surface area contributed by atoms with Crippen molar-refractivity contribution in [3.8, 4) is 0 Å². The van der Waals surface area contributed by atoms with Gasteiger partial charge in [-0.3, -0.25) is 0 Å². The average Bonchev–Trinajstić information content (AvgIpc) is 2.77. The SMILES string of the molecule is CCCCC(CC)CC(N)C1CCOC1. The van der Waals surface area contributed by atoms with Crippen LogP contribution in [0.3, 0.4) is 0 Å². The summed E-state index contributed by atoms with van der Waals surface area (Å²) >= 11 is 0. The van der Waals surface area contributed by atoms with E-state index < -0.39 is 0 Å². The third-order valence-electron chi connectivity index (χ3n) is 3.72. The van der Waals surface area contributed by atoms with E-state index in [1.807, 2.05) is 0 Å². The van der Waals surface area contributed by atoms with Crippen LogP contribution < -0.4 is 5.73 Å². The fraction of sp³-hybridized carbons (Fsp3) is 1.00. The van der Waals surface area contributed by atoms with E-state index >= 15 is 0 Å². The van der Waals surface area contributed by atoms with Crippen molar-refractivity contribution in [3.63, 3.8) is 0 Å². The first-order valence-electron chi connectivity index (χ1n) is 6.61. The molecule has 2 nitrogen and oxygen atoms in total. The number of hydrogen-bond acceptors (Lipinski definition) is 2. The monoisotopic (exact) mass is 213 g/mol. The van der Waals surface area contributed by atoms with Gasteiger partial charge in [-0.05, 0) is 24.7 Å². The number of nitrogens with two attached hydrogens (primary N) is 1. The molecule has 0 spiro atoms. The summed E-state index contributed by atoms with van der Waals surface area (Å²) < 4.78 is 5.39. The van der Waals surface area contributed by atoms with Gasteiger partial charge in [0.2, 0.25) is 0 Å². The highest BCUT2D eigenvalue weighted by Gasteiger charge is 2.24. The van der Waals surface area contributed by atoms with Gasteiger partial charge >= 0.3 is 0 Å². The number of hydrogen-bond donors (Lipinski definition) is 1. The molecule has 15 heavy (non-hydrogen) atoms. The van der Waals surface area contributed by atoms with Gasteiger partial charge in [0.05, 0.1) is 6.61 Å². The Morgan fingerprint density at radius 3 is 2.73 bits per heavy atom. The maximum absolute atomic E-state index is 6.25. The first-order chi connectivity index (χ1) is 7.27. The van der Waals surface area contributed by atoms with Gasteiger partial charge < -0.3 is 10.5 Å². The minimum atomic E-state index is 0.370. The molecule has 0 radical (unpaired) electrons. The molecule has 1 aliphatic rings. The second-order valence-electron chi connectivity index (χ2n) is 4.94. The zero-order valence-electron chi connectivity index (χ0n) is 10.4. The van der Waals surface area contributed by atoms with Crippen molar-refractivity contribution in [1.82, 2.24) is 0 Å². The lowest BCUT2D eigenvalue weighted by Crippen LogP contribution is -2.32. The third-order valence-corrected chi connectivity index (χ3v) is 3.72. The van der Waals surface area contributed by atoms with Gasteiger partial charge in [0.15, 0.2) is 0 Å². The first-order valence-corrected chi connectivity index (χ1v) is 6.61. The summed E-state index contributed by atoms with van der Waals surface area (Å²) in [6.45, 7) is 6.37. The molecule has 0 aromatic carbocycles. The zero-order valence-corrected chi connectivity index (χ0v) is 10.4. The Morgan fingerprint density at radius 1 is 1.40 bits per heavy atom. The van der Waals surface area contributed by atoms with Gasteiger partial charge in [-0.25, -0.2) is 0 Å². The molecule has 0 aromatic heterocycles. The normalized spacial score (nSPS) is 25.4. The Morgan fingerprint density at radius 2 is 2.20 bits per heavy atom. The summed E-state index contributed by atoms with van der Waals surface area (Å²) in [6, 6.07) is 0.370. The average molecular weight is 213 g/mol. The van der Waals surface area contributed by atoms with Crippen molar-refractivity contribution in [3.05, 3.63) is 0 Å². The van der Waals surface area contributed by atoms with E-state index in [-0.39, 0.29) is 0 Å². The molecule has 3 unspecified atom stereocenters. The van der Waals surface area contributed by atoms with Crippen molar-refractivity contribution < 1.29 is 4.74 Å². The summed E-state index contributed by atoms with van der Waals surface area (Å²) in [5, 5.41) is 0. The molecular weight excluding hydrogens is 186 g/mol. The molecule has 0 amide bonds.